The van der Waals surface area contributed by atoms with E-state index in [0.717, 1.165) is 39.0 Å². The smallest absolute Gasteiger partial charge is 0.408 e. The molecule has 1 fully saturated rings. The van der Waals surface area contributed by atoms with Crippen LogP contribution in [0.4, 0.5) is 4.79 Å². The number of rotatable bonds is 5. The van der Waals surface area contributed by atoms with Gasteiger partial charge in [0.15, 0.2) is 11.3 Å². The zero-order chi connectivity index (χ0) is 29.9. The van der Waals surface area contributed by atoms with E-state index < -0.39 is 22.8 Å². The van der Waals surface area contributed by atoms with Crippen molar-refractivity contribution < 1.29 is 19.4 Å². The summed E-state index contributed by atoms with van der Waals surface area (Å²) in [5.74, 6) is 0.658. The number of ether oxygens (including phenoxy) is 2. The van der Waals surface area contributed by atoms with Gasteiger partial charge in [0.2, 0.25) is 0 Å². The molecule has 1 saturated carbocycles. The number of aliphatic hydroxyl groups is 1. The molecule has 0 aliphatic heterocycles. The summed E-state index contributed by atoms with van der Waals surface area (Å²) in [5.41, 5.74) is 4.20. The van der Waals surface area contributed by atoms with Crippen molar-refractivity contribution in [3.63, 3.8) is 0 Å². The van der Waals surface area contributed by atoms with Crippen molar-refractivity contribution in [2.24, 2.45) is 0 Å². The molecular weight excluding hydrogens is 530 g/mol. The number of methoxy groups -OCH3 is 1. The van der Waals surface area contributed by atoms with Crippen LogP contribution < -0.4 is 10.1 Å². The zero-order valence-electron chi connectivity index (χ0n) is 24.7. The predicted molar refractivity (Wildman–Crippen MR) is 161 cm³/mol. The molecule has 216 valence electrons. The fraction of sp³-hybridized carbons (Fsp3) is 0.333. The number of hydrogen-bond acceptors (Lipinski definition) is 7. The van der Waals surface area contributed by atoms with Gasteiger partial charge < -0.3 is 19.9 Å². The van der Waals surface area contributed by atoms with Gasteiger partial charge in [-0.25, -0.2) is 14.8 Å². The first-order valence-electron chi connectivity index (χ1n) is 14.0. The number of pyridine rings is 1. The summed E-state index contributed by atoms with van der Waals surface area (Å²) in [7, 11) is 1.65. The van der Waals surface area contributed by atoms with Gasteiger partial charge in [-0.05, 0) is 45.7 Å². The van der Waals surface area contributed by atoms with Crippen LogP contribution in [-0.4, -0.2) is 49.1 Å². The zero-order valence-corrected chi connectivity index (χ0v) is 24.7. The summed E-state index contributed by atoms with van der Waals surface area (Å²) < 4.78 is 13.3. The Morgan fingerprint density at radius 2 is 1.74 bits per heavy atom. The van der Waals surface area contributed by atoms with E-state index in [0.29, 0.717) is 29.9 Å². The van der Waals surface area contributed by atoms with Gasteiger partial charge in [0.05, 0.1) is 40.6 Å². The number of nitrogens with one attached hydrogen (secondary N) is 1. The third kappa shape index (κ3) is 4.94. The predicted octanol–water partition coefficient (Wildman–Crippen LogP) is 6.19. The third-order valence-corrected chi connectivity index (χ3v) is 7.59. The van der Waals surface area contributed by atoms with Crippen LogP contribution in [0.3, 0.4) is 0 Å². The number of carbonyl (C=O) groups excluding carboxylic acids is 1. The molecule has 2 N–H and O–H groups in total. The van der Waals surface area contributed by atoms with E-state index in [9.17, 15) is 9.90 Å². The van der Waals surface area contributed by atoms with Crippen molar-refractivity contribution in [3.05, 3.63) is 78.1 Å². The lowest BCUT2D eigenvalue weighted by Gasteiger charge is -2.52. The van der Waals surface area contributed by atoms with Gasteiger partial charge in [0, 0.05) is 30.7 Å². The Balaban J connectivity index is 1.49. The fourth-order valence-corrected chi connectivity index (χ4v) is 6.06. The maximum atomic E-state index is 12.8. The highest BCUT2D eigenvalue weighted by Crippen LogP contribution is 2.49. The highest BCUT2D eigenvalue weighted by Gasteiger charge is 2.53. The largest absolute Gasteiger partial charge is 0.495 e. The Kier molecular flexibility index (Phi) is 6.46. The average Bonchev–Trinajstić information content (AvgIpc) is 3.31. The molecule has 1 aliphatic carbocycles. The maximum Gasteiger partial charge on any atom is 0.408 e. The Bertz CT molecular complexity index is 1800. The molecule has 3 heterocycles. The summed E-state index contributed by atoms with van der Waals surface area (Å²) >= 11 is 0. The van der Waals surface area contributed by atoms with Crippen LogP contribution in [0.2, 0.25) is 0 Å². The lowest BCUT2D eigenvalue weighted by molar-refractivity contribution is -0.0892. The molecule has 0 bridgehead atoms. The van der Waals surface area contributed by atoms with Gasteiger partial charge in [-0.3, -0.25) is 0 Å². The molecule has 9 nitrogen and oxygen atoms in total. The van der Waals surface area contributed by atoms with Crippen LogP contribution in [0, 0.1) is 6.92 Å². The van der Waals surface area contributed by atoms with Crippen molar-refractivity contribution in [2.45, 2.75) is 64.2 Å². The molecule has 0 unspecified atom stereocenters. The van der Waals surface area contributed by atoms with Gasteiger partial charge in [-0.15, -0.1) is 0 Å². The number of alkyl carbamates (subject to hydrolysis) is 1. The SMILES string of the molecule is COc1c(-c2ccccc2)c(-c2ccc(C3(NC(=O)OC(C)(C)C)CC(C)(O)C3)cc2)nc2c1cnc1cc(C)nn12. The van der Waals surface area contributed by atoms with Crippen LogP contribution in [0.15, 0.2) is 66.9 Å². The molecule has 0 spiro atoms. The van der Waals surface area contributed by atoms with Gasteiger partial charge in [-0.1, -0.05) is 54.6 Å². The second-order valence-corrected chi connectivity index (χ2v) is 12.4. The monoisotopic (exact) mass is 565 g/mol. The number of amides is 1. The maximum absolute atomic E-state index is 12.8. The van der Waals surface area contributed by atoms with Crippen LogP contribution in [0.1, 0.15) is 51.8 Å². The van der Waals surface area contributed by atoms with E-state index in [-0.39, 0.29) is 0 Å². The molecule has 5 aromatic rings. The third-order valence-electron chi connectivity index (χ3n) is 7.59. The van der Waals surface area contributed by atoms with Crippen LogP contribution in [0.25, 0.3) is 39.1 Å². The molecule has 1 amide bonds. The molecule has 42 heavy (non-hydrogen) atoms. The first-order valence-corrected chi connectivity index (χ1v) is 14.0. The number of carbonyl (C=O) groups is 1. The number of nitrogens with zero attached hydrogens (tertiary/aromatic N) is 4. The molecule has 2 aromatic carbocycles. The summed E-state index contributed by atoms with van der Waals surface area (Å²) in [6.45, 7) is 9.19. The van der Waals surface area contributed by atoms with E-state index in [4.69, 9.17) is 14.5 Å². The molecule has 1 aliphatic rings. The molecule has 0 radical (unpaired) electrons. The van der Waals surface area contributed by atoms with Crippen LogP contribution >= 0.6 is 0 Å². The molecule has 3 aromatic heterocycles. The van der Waals surface area contributed by atoms with Crippen LogP contribution in [0.5, 0.6) is 5.75 Å². The van der Waals surface area contributed by atoms with Crippen molar-refractivity contribution in [2.75, 3.05) is 7.11 Å². The van der Waals surface area contributed by atoms with Gasteiger partial charge in [-0.2, -0.15) is 9.61 Å². The summed E-state index contributed by atoms with van der Waals surface area (Å²) in [5, 5.41) is 19.1. The summed E-state index contributed by atoms with van der Waals surface area (Å²) in [6, 6.07) is 19.9. The lowest BCUT2D eigenvalue weighted by Crippen LogP contribution is -2.62. The molecule has 9 heteroatoms. The first kappa shape index (κ1) is 27.7. The van der Waals surface area contributed by atoms with E-state index in [1.54, 1.807) is 24.7 Å². The van der Waals surface area contributed by atoms with Crippen molar-refractivity contribution in [3.8, 4) is 28.1 Å². The van der Waals surface area contributed by atoms with Gasteiger partial charge in [0.1, 0.15) is 11.4 Å². The second-order valence-electron chi connectivity index (χ2n) is 12.4. The quantitative estimate of drug-likeness (QED) is 0.261. The number of fused-ring (bicyclic) bond motifs is 3. The standard InChI is InChI=1S/C33H35N5O4/c1-20-16-25-34-17-24-28(41-6)26(21-10-8-7-9-11-21)27(35-29(24)38(25)37-20)22-12-14-23(15-13-22)33(18-32(5,40)19-33)36-30(39)42-31(2,3)4/h7-17,40H,18-19H2,1-6H3,(H,36,39). The van der Waals surface area contributed by atoms with E-state index in [1.165, 1.54) is 0 Å². The van der Waals surface area contributed by atoms with E-state index in [1.807, 2.05) is 88.4 Å². The lowest BCUT2D eigenvalue weighted by atomic mass is 9.62. The Labute approximate surface area is 244 Å². The fourth-order valence-electron chi connectivity index (χ4n) is 6.06. The number of benzene rings is 2. The van der Waals surface area contributed by atoms with Crippen molar-refractivity contribution in [1.82, 2.24) is 24.9 Å². The number of hydrogen-bond donors (Lipinski definition) is 2. The van der Waals surface area contributed by atoms with Gasteiger partial charge in [0.25, 0.3) is 0 Å². The molecule has 0 atom stereocenters. The van der Waals surface area contributed by atoms with Crippen LogP contribution in [-0.2, 0) is 10.3 Å². The van der Waals surface area contributed by atoms with E-state index >= 15 is 0 Å². The number of aromatic nitrogens is 4. The topological polar surface area (TPSA) is 111 Å². The van der Waals surface area contributed by atoms with Crippen molar-refractivity contribution in [1.29, 1.82) is 0 Å². The first-order chi connectivity index (χ1) is 19.9. The minimum atomic E-state index is -0.886. The molecular formula is C33H35N5O4. The normalized spacial score (nSPS) is 20.4. The highest BCUT2D eigenvalue weighted by atomic mass is 16.6. The van der Waals surface area contributed by atoms with Crippen molar-refractivity contribution >= 4 is 22.8 Å². The minimum absolute atomic E-state index is 0.375. The average molecular weight is 566 g/mol. The summed E-state index contributed by atoms with van der Waals surface area (Å²) in [6.07, 6.45) is 2.02. The molecule has 0 saturated heterocycles. The minimum Gasteiger partial charge on any atom is -0.495 e. The second kappa shape index (κ2) is 9.80. The Morgan fingerprint density at radius 3 is 2.36 bits per heavy atom. The Morgan fingerprint density at radius 1 is 1.05 bits per heavy atom. The highest BCUT2D eigenvalue weighted by molar-refractivity contribution is 5.98. The number of aryl methyl sites for hydroxylation is 1. The Hall–Kier alpha value is -4.50. The summed E-state index contributed by atoms with van der Waals surface area (Å²) in [4.78, 5) is 22.6. The van der Waals surface area contributed by atoms with E-state index in [2.05, 4.69) is 15.4 Å². The molecule has 6 rings (SSSR count). The van der Waals surface area contributed by atoms with Gasteiger partial charge >= 0.3 is 6.09 Å².